The molecule has 1 aromatic heterocycles. The third kappa shape index (κ3) is 5.50. The van der Waals surface area contributed by atoms with Crippen LogP contribution in [-0.2, 0) is 20.3 Å². The lowest BCUT2D eigenvalue weighted by molar-refractivity contribution is -0.130. The average molecular weight is 324 g/mol. The van der Waals surface area contributed by atoms with Crippen LogP contribution in [0, 0.1) is 5.41 Å². The van der Waals surface area contributed by atoms with Crippen LogP contribution >= 0.6 is 22.0 Å². The molecule has 0 saturated heterocycles. The molecule has 7 heteroatoms. The minimum atomic E-state index is -3.70. The lowest BCUT2D eigenvalue weighted by Gasteiger charge is -2.26. The van der Waals surface area contributed by atoms with Crippen molar-refractivity contribution in [1.82, 2.24) is 4.90 Å². The van der Waals surface area contributed by atoms with E-state index in [0.717, 1.165) is 11.3 Å². The first-order chi connectivity index (χ1) is 8.49. The minimum Gasteiger partial charge on any atom is -0.345 e. The van der Waals surface area contributed by atoms with Crippen LogP contribution in [0.3, 0.4) is 0 Å². The van der Waals surface area contributed by atoms with Gasteiger partial charge in [0.05, 0.1) is 6.42 Å². The zero-order chi connectivity index (χ0) is 14.8. The Labute approximate surface area is 122 Å². The Morgan fingerprint density at radius 3 is 2.37 bits per heavy atom. The number of thiophene rings is 1. The molecule has 0 aliphatic heterocycles. The van der Waals surface area contributed by atoms with Gasteiger partial charge in [-0.3, -0.25) is 4.79 Å². The van der Waals surface area contributed by atoms with Gasteiger partial charge in [0.2, 0.25) is 5.91 Å². The van der Waals surface area contributed by atoms with Crippen molar-refractivity contribution in [3.05, 3.63) is 17.0 Å². The van der Waals surface area contributed by atoms with Crippen LogP contribution in [0.2, 0.25) is 0 Å². The van der Waals surface area contributed by atoms with Gasteiger partial charge in [0, 0.05) is 29.2 Å². The maximum Gasteiger partial charge on any atom is 0.270 e. The van der Waals surface area contributed by atoms with Crippen molar-refractivity contribution in [1.29, 1.82) is 0 Å². The molecule has 0 aliphatic carbocycles. The molecule has 19 heavy (non-hydrogen) atoms. The van der Waals surface area contributed by atoms with Gasteiger partial charge < -0.3 is 4.90 Å². The maximum absolute atomic E-state index is 12.0. The van der Waals surface area contributed by atoms with E-state index in [-0.39, 0.29) is 22.0 Å². The highest BCUT2D eigenvalue weighted by molar-refractivity contribution is 8.15. The highest BCUT2D eigenvalue weighted by Gasteiger charge is 2.19. The van der Waals surface area contributed by atoms with E-state index >= 15 is 0 Å². The lowest BCUT2D eigenvalue weighted by Crippen LogP contribution is -2.35. The number of nitrogens with zero attached hydrogens (tertiary/aromatic N) is 1. The van der Waals surface area contributed by atoms with E-state index in [9.17, 15) is 13.2 Å². The molecule has 1 heterocycles. The van der Waals surface area contributed by atoms with Crippen molar-refractivity contribution in [2.75, 3.05) is 13.6 Å². The number of likely N-dealkylation sites (N-methyl/N-ethyl adjacent to an activating group) is 1. The Balaban J connectivity index is 2.70. The molecule has 108 valence electrons. The van der Waals surface area contributed by atoms with Crippen LogP contribution in [0.15, 0.2) is 16.3 Å². The van der Waals surface area contributed by atoms with Gasteiger partial charge in [0.1, 0.15) is 4.21 Å². The molecule has 0 aromatic carbocycles. The summed E-state index contributed by atoms with van der Waals surface area (Å²) in [4.78, 5) is 14.4. The number of amides is 1. The van der Waals surface area contributed by atoms with Crippen molar-refractivity contribution >= 4 is 37.0 Å². The van der Waals surface area contributed by atoms with Crippen LogP contribution in [0.4, 0.5) is 0 Å². The van der Waals surface area contributed by atoms with Gasteiger partial charge in [-0.15, -0.1) is 11.3 Å². The number of carbonyl (C=O) groups is 1. The number of carbonyl (C=O) groups excluding carboxylic acids is 1. The van der Waals surface area contributed by atoms with Crippen molar-refractivity contribution in [3.8, 4) is 0 Å². The summed E-state index contributed by atoms with van der Waals surface area (Å²) in [5, 5.41) is 0. The van der Waals surface area contributed by atoms with Crippen LogP contribution in [-0.4, -0.2) is 32.8 Å². The van der Waals surface area contributed by atoms with E-state index in [4.69, 9.17) is 10.7 Å². The van der Waals surface area contributed by atoms with Gasteiger partial charge in [0.15, 0.2) is 0 Å². The molecule has 0 atom stereocenters. The van der Waals surface area contributed by atoms with Gasteiger partial charge in [-0.25, -0.2) is 8.42 Å². The number of halogens is 1. The summed E-state index contributed by atoms with van der Waals surface area (Å²) in [5.41, 5.74) is 0.0322. The van der Waals surface area contributed by atoms with Gasteiger partial charge in [-0.2, -0.15) is 0 Å². The van der Waals surface area contributed by atoms with Crippen LogP contribution in [0.1, 0.15) is 25.6 Å². The molecular weight excluding hydrogens is 306 g/mol. The van der Waals surface area contributed by atoms with Crippen LogP contribution in [0.25, 0.3) is 0 Å². The third-order valence-electron chi connectivity index (χ3n) is 2.34. The minimum absolute atomic E-state index is 0.0321. The quantitative estimate of drug-likeness (QED) is 0.801. The molecule has 0 bridgehead atoms. The summed E-state index contributed by atoms with van der Waals surface area (Å²) in [6.45, 7) is 6.82. The number of hydrogen-bond acceptors (Lipinski definition) is 4. The first-order valence-electron chi connectivity index (χ1n) is 5.76. The summed E-state index contributed by atoms with van der Waals surface area (Å²) < 4.78 is 22.3. The molecule has 0 unspecified atom stereocenters. The van der Waals surface area contributed by atoms with E-state index in [2.05, 4.69) is 20.8 Å². The molecular formula is C12H18ClNO3S2. The van der Waals surface area contributed by atoms with Gasteiger partial charge in [-0.1, -0.05) is 20.8 Å². The summed E-state index contributed by atoms with van der Waals surface area (Å²) in [5.74, 6) is -0.0321. The van der Waals surface area contributed by atoms with E-state index in [0.29, 0.717) is 11.4 Å². The number of hydrogen-bond donors (Lipinski definition) is 0. The Morgan fingerprint density at radius 2 is 1.95 bits per heavy atom. The smallest absolute Gasteiger partial charge is 0.270 e. The maximum atomic E-state index is 12.0. The third-order valence-corrected chi connectivity index (χ3v) is 5.52. The highest BCUT2D eigenvalue weighted by atomic mass is 35.7. The van der Waals surface area contributed by atoms with Gasteiger partial charge in [-0.05, 0) is 17.5 Å². The Kier molecular flexibility index (Phi) is 5.03. The summed E-state index contributed by atoms with van der Waals surface area (Å²) in [6.07, 6.45) is 0.198. The molecule has 0 N–H and O–H groups in total. The average Bonchev–Trinajstić information content (AvgIpc) is 2.62. The molecule has 0 radical (unpaired) electrons. The Morgan fingerprint density at radius 1 is 1.37 bits per heavy atom. The van der Waals surface area contributed by atoms with E-state index in [1.165, 1.54) is 6.07 Å². The van der Waals surface area contributed by atoms with Gasteiger partial charge in [0.25, 0.3) is 9.05 Å². The van der Waals surface area contributed by atoms with Crippen molar-refractivity contribution in [2.45, 2.75) is 31.4 Å². The zero-order valence-corrected chi connectivity index (χ0v) is 13.8. The molecule has 4 nitrogen and oxygen atoms in total. The topological polar surface area (TPSA) is 54.5 Å². The zero-order valence-electron chi connectivity index (χ0n) is 11.4. The van der Waals surface area contributed by atoms with Crippen molar-refractivity contribution in [2.24, 2.45) is 5.41 Å². The summed E-state index contributed by atoms with van der Waals surface area (Å²) in [6, 6.07) is 3.06. The van der Waals surface area contributed by atoms with E-state index in [1.807, 2.05) is 0 Å². The van der Waals surface area contributed by atoms with E-state index in [1.54, 1.807) is 18.0 Å². The predicted molar refractivity (Wildman–Crippen MR) is 78.2 cm³/mol. The molecule has 0 aliphatic rings. The number of rotatable bonds is 4. The SMILES string of the molecule is CN(CC(C)(C)C)C(=O)Cc1ccc(S(=O)(=O)Cl)s1. The Hall–Kier alpha value is -0.590. The second-order valence-corrected chi connectivity index (χ2v) is 9.61. The molecule has 0 spiro atoms. The van der Waals surface area contributed by atoms with Crippen molar-refractivity contribution < 1.29 is 13.2 Å². The first-order valence-corrected chi connectivity index (χ1v) is 8.89. The largest absolute Gasteiger partial charge is 0.345 e. The molecule has 1 amide bonds. The monoisotopic (exact) mass is 323 g/mol. The normalized spacial score (nSPS) is 12.5. The van der Waals surface area contributed by atoms with E-state index < -0.39 is 9.05 Å². The summed E-state index contributed by atoms with van der Waals surface area (Å²) >= 11 is 1.04. The fourth-order valence-electron chi connectivity index (χ4n) is 1.67. The predicted octanol–water partition coefficient (Wildman–Crippen LogP) is 2.72. The first kappa shape index (κ1) is 16.5. The second kappa shape index (κ2) is 5.81. The second-order valence-electron chi connectivity index (χ2n) is 5.65. The Bertz CT molecular complexity index is 558. The molecule has 1 rings (SSSR count). The molecule has 0 saturated carbocycles. The van der Waals surface area contributed by atoms with Crippen molar-refractivity contribution in [3.63, 3.8) is 0 Å². The van der Waals surface area contributed by atoms with Crippen LogP contribution < -0.4 is 0 Å². The van der Waals surface area contributed by atoms with Gasteiger partial charge >= 0.3 is 0 Å². The highest BCUT2D eigenvalue weighted by Crippen LogP contribution is 2.25. The lowest BCUT2D eigenvalue weighted by atomic mass is 9.96. The fraction of sp³-hybridized carbons (Fsp3) is 0.583. The fourth-order valence-corrected chi connectivity index (χ4v) is 3.78. The standard InChI is InChI=1S/C12H18ClNO3S2/c1-12(2,3)8-14(4)10(15)7-9-5-6-11(18-9)19(13,16)17/h5-6H,7-8H2,1-4H3. The molecule has 1 aromatic rings. The van der Waals surface area contributed by atoms with Crippen LogP contribution in [0.5, 0.6) is 0 Å². The summed E-state index contributed by atoms with van der Waals surface area (Å²) in [7, 11) is 3.29. The molecule has 0 fully saturated rings.